The van der Waals surface area contributed by atoms with Crippen molar-refractivity contribution in [3.05, 3.63) is 0 Å². The Morgan fingerprint density at radius 2 is 1.72 bits per heavy atom. The van der Waals surface area contributed by atoms with E-state index in [2.05, 4.69) is 20.8 Å². The van der Waals surface area contributed by atoms with Crippen molar-refractivity contribution >= 4 is 11.8 Å². The number of ketones is 1. The van der Waals surface area contributed by atoms with Crippen LogP contribution in [0.4, 0.5) is 0 Å². The molecule has 0 radical (unpaired) electrons. The highest BCUT2D eigenvalue weighted by Gasteiger charge is 2.84. The Kier molecular flexibility index (Phi) is 6.61. The number of hydrogen-bond donors (Lipinski definition) is 4. The molecule has 39 heavy (non-hydrogen) atoms. The maximum Gasteiger partial charge on any atom is 0.302 e. The average molecular weight is 549 g/mol. The van der Waals surface area contributed by atoms with E-state index in [0.29, 0.717) is 25.7 Å². The van der Waals surface area contributed by atoms with Gasteiger partial charge in [0.2, 0.25) is 0 Å². The van der Waals surface area contributed by atoms with Crippen LogP contribution in [0.25, 0.3) is 0 Å². The summed E-state index contributed by atoms with van der Waals surface area (Å²) in [7, 11) is 0. The minimum absolute atomic E-state index is 0.00469. The van der Waals surface area contributed by atoms with Gasteiger partial charge in [0.15, 0.2) is 0 Å². The molecule has 7 heteroatoms. The first-order chi connectivity index (χ1) is 17.8. The summed E-state index contributed by atoms with van der Waals surface area (Å²) in [6.45, 7) is 15.3. The summed E-state index contributed by atoms with van der Waals surface area (Å²) >= 11 is 0. The second kappa shape index (κ2) is 8.75. The van der Waals surface area contributed by atoms with E-state index in [1.54, 1.807) is 0 Å². The van der Waals surface area contributed by atoms with Gasteiger partial charge in [0, 0.05) is 30.6 Å². The first-order valence-electron chi connectivity index (χ1n) is 15.3. The van der Waals surface area contributed by atoms with Crippen molar-refractivity contribution in [3.8, 4) is 0 Å². The highest BCUT2D eigenvalue weighted by atomic mass is 16.5. The molecular weight excluding hydrogens is 496 g/mol. The third-order valence-corrected chi connectivity index (χ3v) is 13.5. The molecule has 12 atom stereocenters. The van der Waals surface area contributed by atoms with Crippen LogP contribution in [-0.2, 0) is 14.3 Å². The summed E-state index contributed by atoms with van der Waals surface area (Å²) in [6.07, 6.45) is 2.99. The van der Waals surface area contributed by atoms with E-state index in [0.717, 1.165) is 25.7 Å². The Morgan fingerprint density at radius 1 is 1.08 bits per heavy atom. The highest BCUT2D eigenvalue weighted by Crippen LogP contribution is 2.88. The number of carbonyl (C=O) groups is 2. The SMILES string of the molecule is CC(=O)O[C@H]1C[C@@]2(C)[C@@H]3C[C@H](O)[C@H]4C(C)(C)C(=O)CC[C@@]45C[C@@]35CC[C@]2(C)[C@H]1[C@H](C)C[C@@H](O)[C@@H](O)C(C)(C)O. The molecule has 0 aromatic carbocycles. The normalized spacial score (nSPS) is 48.6. The first-order valence-corrected chi connectivity index (χ1v) is 15.3. The standard InChI is InChI=1S/C32H52O7/c1-17(13-20(35)26(37)28(5,6)38)24-21(39-18(2)33)15-30(8)22-14-19(34)25-27(3,4)23(36)9-10-32(25)16-31(22,32)12-11-29(24,30)7/h17,19-22,24-26,34-35,37-38H,9-16H2,1-8H3/t17-,19+,20-,21+,22+,24+,25+,26-,29-,30+,31+,32-/m1/s1. The predicted octanol–water partition coefficient (Wildman–Crippen LogP) is 4.03. The number of aliphatic hydroxyl groups excluding tert-OH is 3. The molecule has 0 heterocycles. The number of Topliss-reactive ketones (excluding diaryl/α,β-unsaturated/α-hetero) is 1. The molecule has 222 valence electrons. The van der Waals surface area contributed by atoms with Gasteiger partial charge in [-0.2, -0.15) is 0 Å². The molecule has 5 fully saturated rings. The maximum atomic E-state index is 13.0. The van der Waals surface area contributed by atoms with Gasteiger partial charge in [-0.05, 0) is 92.3 Å². The zero-order valence-electron chi connectivity index (χ0n) is 25.3. The van der Waals surface area contributed by atoms with Crippen molar-refractivity contribution in [2.45, 2.75) is 137 Å². The van der Waals surface area contributed by atoms with Crippen molar-refractivity contribution in [2.75, 3.05) is 0 Å². The van der Waals surface area contributed by atoms with E-state index in [4.69, 9.17) is 4.74 Å². The van der Waals surface area contributed by atoms with Crippen molar-refractivity contribution in [3.63, 3.8) is 0 Å². The summed E-state index contributed by atoms with van der Waals surface area (Å²) in [5, 5.41) is 43.5. The predicted molar refractivity (Wildman–Crippen MR) is 146 cm³/mol. The monoisotopic (exact) mass is 548 g/mol. The average Bonchev–Trinajstić information content (AvgIpc) is 3.38. The van der Waals surface area contributed by atoms with E-state index < -0.39 is 29.3 Å². The summed E-state index contributed by atoms with van der Waals surface area (Å²) in [4.78, 5) is 25.3. The van der Waals surface area contributed by atoms with Crippen LogP contribution in [-0.4, -0.2) is 62.2 Å². The van der Waals surface area contributed by atoms with Gasteiger partial charge in [0.05, 0.1) is 17.8 Å². The number of esters is 1. The molecule has 5 aliphatic rings. The Bertz CT molecular complexity index is 1030. The molecule has 2 spiro atoms. The van der Waals surface area contributed by atoms with Crippen molar-refractivity contribution in [1.82, 2.24) is 0 Å². The molecule has 0 saturated heterocycles. The van der Waals surface area contributed by atoms with Crippen LogP contribution in [0.5, 0.6) is 0 Å². The van der Waals surface area contributed by atoms with E-state index in [1.807, 2.05) is 13.8 Å². The second-order valence-electron chi connectivity index (χ2n) is 16.1. The molecule has 5 aliphatic carbocycles. The van der Waals surface area contributed by atoms with Gasteiger partial charge in [-0.1, -0.05) is 34.6 Å². The van der Waals surface area contributed by atoms with Gasteiger partial charge in [-0.25, -0.2) is 0 Å². The molecule has 0 amide bonds. The topological polar surface area (TPSA) is 124 Å². The minimum atomic E-state index is -1.43. The molecule has 0 bridgehead atoms. The fraction of sp³-hybridized carbons (Fsp3) is 0.938. The smallest absolute Gasteiger partial charge is 0.302 e. The number of hydrogen-bond acceptors (Lipinski definition) is 7. The van der Waals surface area contributed by atoms with Gasteiger partial charge in [0.1, 0.15) is 18.0 Å². The highest BCUT2D eigenvalue weighted by molar-refractivity contribution is 5.86. The Hall–Kier alpha value is -1.02. The third-order valence-electron chi connectivity index (χ3n) is 13.5. The van der Waals surface area contributed by atoms with Gasteiger partial charge < -0.3 is 25.2 Å². The molecule has 5 rings (SSSR count). The molecule has 0 unspecified atom stereocenters. The van der Waals surface area contributed by atoms with Gasteiger partial charge in [0.25, 0.3) is 0 Å². The molecule has 0 aromatic rings. The first kappa shape index (κ1) is 29.5. The molecular formula is C32H52O7. The largest absolute Gasteiger partial charge is 0.462 e. The van der Waals surface area contributed by atoms with Gasteiger partial charge in [-0.15, -0.1) is 0 Å². The lowest BCUT2D eigenvalue weighted by molar-refractivity contribution is -0.184. The Labute approximate surface area is 234 Å². The lowest BCUT2D eigenvalue weighted by atomic mass is 9.41. The zero-order chi connectivity index (χ0) is 29.1. The van der Waals surface area contributed by atoms with Crippen LogP contribution in [0.1, 0.15) is 107 Å². The van der Waals surface area contributed by atoms with Crippen LogP contribution in [0.3, 0.4) is 0 Å². The lowest BCUT2D eigenvalue weighted by Gasteiger charge is -2.63. The van der Waals surface area contributed by atoms with Crippen molar-refractivity contribution in [1.29, 1.82) is 0 Å². The van der Waals surface area contributed by atoms with E-state index in [-0.39, 0.29) is 63.2 Å². The van der Waals surface area contributed by atoms with Crippen molar-refractivity contribution < 1.29 is 34.8 Å². The summed E-state index contributed by atoms with van der Waals surface area (Å²) in [6, 6.07) is 0. The lowest BCUT2D eigenvalue weighted by Crippen LogP contribution is -2.60. The fourth-order valence-electron chi connectivity index (χ4n) is 11.8. The van der Waals surface area contributed by atoms with E-state index >= 15 is 0 Å². The molecule has 7 nitrogen and oxygen atoms in total. The van der Waals surface area contributed by atoms with Crippen LogP contribution >= 0.6 is 0 Å². The fourth-order valence-corrected chi connectivity index (χ4v) is 11.8. The Balaban J connectivity index is 1.50. The number of aliphatic hydroxyl groups is 4. The number of rotatable bonds is 6. The summed E-state index contributed by atoms with van der Waals surface area (Å²) < 4.78 is 6.04. The summed E-state index contributed by atoms with van der Waals surface area (Å²) in [5.74, 6) is 0.134. The van der Waals surface area contributed by atoms with Crippen LogP contribution in [0.15, 0.2) is 0 Å². The summed E-state index contributed by atoms with van der Waals surface area (Å²) in [5.41, 5.74) is -2.21. The quantitative estimate of drug-likeness (QED) is 0.370. The van der Waals surface area contributed by atoms with Crippen LogP contribution < -0.4 is 0 Å². The minimum Gasteiger partial charge on any atom is -0.462 e. The van der Waals surface area contributed by atoms with Gasteiger partial charge in [-0.3, -0.25) is 9.59 Å². The van der Waals surface area contributed by atoms with Gasteiger partial charge >= 0.3 is 5.97 Å². The number of carbonyl (C=O) groups excluding carboxylic acids is 2. The van der Waals surface area contributed by atoms with Crippen molar-refractivity contribution in [2.24, 2.45) is 50.7 Å². The van der Waals surface area contributed by atoms with E-state index in [1.165, 1.54) is 20.8 Å². The Morgan fingerprint density at radius 3 is 2.31 bits per heavy atom. The number of fused-ring (bicyclic) bond motifs is 2. The van der Waals surface area contributed by atoms with E-state index in [9.17, 15) is 30.0 Å². The second-order valence-corrected chi connectivity index (χ2v) is 16.1. The zero-order valence-corrected chi connectivity index (χ0v) is 25.3. The molecule has 0 aromatic heterocycles. The molecule has 5 saturated carbocycles. The third kappa shape index (κ3) is 3.81. The molecule has 4 N–H and O–H groups in total. The van der Waals surface area contributed by atoms with Crippen LogP contribution in [0, 0.1) is 50.7 Å². The maximum absolute atomic E-state index is 13.0. The molecule has 0 aliphatic heterocycles. The number of ether oxygens (including phenoxy) is 1. The van der Waals surface area contributed by atoms with Crippen LogP contribution in [0.2, 0.25) is 0 Å².